The molecule has 0 aliphatic rings. The third-order valence-corrected chi connectivity index (χ3v) is 2.81. The van der Waals surface area contributed by atoms with Crippen molar-refractivity contribution in [3.8, 4) is 0 Å². The van der Waals surface area contributed by atoms with Crippen molar-refractivity contribution < 1.29 is 19.1 Å². The van der Waals surface area contributed by atoms with E-state index in [1.165, 1.54) is 6.20 Å². The van der Waals surface area contributed by atoms with Gasteiger partial charge in [-0.1, -0.05) is 12.1 Å². The van der Waals surface area contributed by atoms with Gasteiger partial charge in [-0.15, -0.1) is 0 Å². The number of anilines is 1. The van der Waals surface area contributed by atoms with Gasteiger partial charge in [-0.2, -0.15) is 0 Å². The average molecular weight is 288 g/mol. The van der Waals surface area contributed by atoms with Crippen LogP contribution in [0, 0.1) is 5.82 Å². The van der Waals surface area contributed by atoms with Gasteiger partial charge in [-0.05, 0) is 30.2 Å². The molecule has 0 radical (unpaired) electrons. The molecule has 1 aromatic carbocycles. The van der Waals surface area contributed by atoms with Gasteiger partial charge in [0, 0.05) is 18.3 Å². The summed E-state index contributed by atoms with van der Waals surface area (Å²) >= 11 is 0. The highest BCUT2D eigenvalue weighted by Crippen LogP contribution is 2.13. The molecule has 0 bridgehead atoms. The molecule has 2 rings (SSSR count). The number of carbonyl (C=O) groups excluding carboxylic acids is 1. The average Bonchev–Trinajstić information content (AvgIpc) is 2.46. The second kappa shape index (κ2) is 6.60. The monoisotopic (exact) mass is 288 g/mol. The fraction of sp³-hybridized carbons (Fsp3) is 0.133. The van der Waals surface area contributed by atoms with Crippen molar-refractivity contribution >= 4 is 17.6 Å². The summed E-state index contributed by atoms with van der Waals surface area (Å²) in [4.78, 5) is 26.0. The molecular formula is C15H13FN2O3. The van der Waals surface area contributed by atoms with E-state index in [-0.39, 0.29) is 12.0 Å². The molecule has 0 spiro atoms. The molecule has 2 N–H and O–H groups in total. The maximum Gasteiger partial charge on any atom is 0.303 e. The molecule has 0 aliphatic carbocycles. The fourth-order valence-corrected chi connectivity index (χ4v) is 1.75. The van der Waals surface area contributed by atoms with Crippen LogP contribution < -0.4 is 5.32 Å². The van der Waals surface area contributed by atoms with Crippen LogP contribution in [0.5, 0.6) is 0 Å². The van der Waals surface area contributed by atoms with E-state index in [0.29, 0.717) is 12.1 Å². The maximum absolute atomic E-state index is 13.0. The van der Waals surface area contributed by atoms with Crippen molar-refractivity contribution in [2.24, 2.45) is 0 Å². The van der Waals surface area contributed by atoms with E-state index in [9.17, 15) is 14.0 Å². The number of amides is 1. The minimum atomic E-state index is -0.856. The minimum Gasteiger partial charge on any atom is -0.481 e. The van der Waals surface area contributed by atoms with Gasteiger partial charge in [0.15, 0.2) is 0 Å². The molecular weight excluding hydrogens is 275 g/mol. The summed E-state index contributed by atoms with van der Waals surface area (Å²) in [6.07, 6.45) is 2.78. The van der Waals surface area contributed by atoms with Crippen molar-refractivity contribution in [3.05, 3.63) is 59.7 Å². The summed E-state index contributed by atoms with van der Waals surface area (Å²) < 4.78 is 13.0. The number of nitrogens with one attached hydrogen (secondary N) is 1. The predicted molar refractivity (Wildman–Crippen MR) is 74.5 cm³/mol. The van der Waals surface area contributed by atoms with Crippen molar-refractivity contribution in [1.82, 2.24) is 4.98 Å². The quantitative estimate of drug-likeness (QED) is 0.886. The molecule has 2 aromatic rings. The molecule has 0 unspecified atom stereocenters. The van der Waals surface area contributed by atoms with Gasteiger partial charge in [-0.3, -0.25) is 14.6 Å². The summed E-state index contributed by atoms with van der Waals surface area (Å²) in [6.45, 7) is 0. The van der Waals surface area contributed by atoms with E-state index in [1.54, 1.807) is 24.3 Å². The van der Waals surface area contributed by atoms with Crippen molar-refractivity contribution in [3.63, 3.8) is 0 Å². The summed E-state index contributed by atoms with van der Waals surface area (Å²) in [5, 5.41) is 11.2. The molecule has 108 valence electrons. The number of aryl methyl sites for hydroxylation is 1. The topological polar surface area (TPSA) is 79.3 Å². The van der Waals surface area contributed by atoms with Crippen LogP contribution in [0.25, 0.3) is 0 Å². The second-order valence-electron chi connectivity index (χ2n) is 4.44. The van der Waals surface area contributed by atoms with Crippen LogP contribution in [-0.4, -0.2) is 22.0 Å². The number of carboxylic acids is 1. The zero-order valence-electron chi connectivity index (χ0n) is 11.0. The number of aliphatic carboxylic acids is 1. The largest absolute Gasteiger partial charge is 0.481 e. The van der Waals surface area contributed by atoms with Crippen LogP contribution >= 0.6 is 0 Å². The van der Waals surface area contributed by atoms with Gasteiger partial charge in [-0.25, -0.2) is 4.39 Å². The van der Waals surface area contributed by atoms with Gasteiger partial charge in [0.1, 0.15) is 5.82 Å². The number of halogens is 1. The van der Waals surface area contributed by atoms with Gasteiger partial charge in [0.05, 0.1) is 11.8 Å². The van der Waals surface area contributed by atoms with Crippen molar-refractivity contribution in [2.75, 3.05) is 5.32 Å². The number of nitrogens with zero attached hydrogens (tertiary/aromatic N) is 1. The number of pyridine rings is 1. The molecule has 0 saturated heterocycles. The van der Waals surface area contributed by atoms with Crippen LogP contribution in [0.1, 0.15) is 22.3 Å². The Bertz CT molecular complexity index is 656. The number of benzene rings is 1. The number of aromatic nitrogens is 1. The molecule has 1 heterocycles. The Morgan fingerprint density at radius 2 is 1.90 bits per heavy atom. The van der Waals surface area contributed by atoms with Crippen LogP contribution in [0.3, 0.4) is 0 Å². The van der Waals surface area contributed by atoms with E-state index in [0.717, 1.165) is 17.8 Å². The molecule has 6 heteroatoms. The Kier molecular flexibility index (Phi) is 4.61. The highest BCUT2D eigenvalue weighted by Gasteiger charge is 2.07. The Hall–Kier alpha value is -2.76. The number of carbonyl (C=O) groups is 2. The Morgan fingerprint density at radius 1 is 1.19 bits per heavy atom. The van der Waals surface area contributed by atoms with Crippen LogP contribution in [0.15, 0.2) is 42.7 Å². The SMILES string of the molecule is O=C(O)CCc1ccc(NC(=O)c2cncc(F)c2)cc1. The summed E-state index contributed by atoms with van der Waals surface area (Å²) in [5.41, 5.74) is 1.54. The standard InChI is InChI=1S/C15H13FN2O3/c16-12-7-11(8-17-9-12)15(21)18-13-4-1-10(2-5-13)3-6-14(19)20/h1-2,4-5,7-9H,3,6H2,(H,18,21)(H,19,20). The van der Waals surface area contributed by atoms with Crippen LogP contribution in [0.4, 0.5) is 10.1 Å². The number of rotatable bonds is 5. The number of hydrogen-bond donors (Lipinski definition) is 2. The molecule has 0 saturated carbocycles. The molecule has 0 atom stereocenters. The lowest BCUT2D eigenvalue weighted by atomic mass is 10.1. The Labute approximate surface area is 120 Å². The van der Waals surface area contributed by atoms with Crippen molar-refractivity contribution in [1.29, 1.82) is 0 Å². The Balaban J connectivity index is 2.00. The predicted octanol–water partition coefficient (Wildman–Crippen LogP) is 2.49. The normalized spacial score (nSPS) is 10.1. The first-order valence-electron chi connectivity index (χ1n) is 6.27. The van der Waals surface area contributed by atoms with Crippen LogP contribution in [-0.2, 0) is 11.2 Å². The van der Waals surface area contributed by atoms with Gasteiger partial charge in [0.25, 0.3) is 5.91 Å². The minimum absolute atomic E-state index is 0.0562. The van der Waals surface area contributed by atoms with Gasteiger partial charge < -0.3 is 10.4 Å². The molecule has 0 fully saturated rings. The van der Waals surface area contributed by atoms with E-state index in [1.807, 2.05) is 0 Å². The molecule has 0 aliphatic heterocycles. The third kappa shape index (κ3) is 4.38. The number of hydrogen-bond acceptors (Lipinski definition) is 3. The van der Waals surface area contributed by atoms with E-state index in [4.69, 9.17) is 5.11 Å². The Morgan fingerprint density at radius 3 is 2.52 bits per heavy atom. The lowest BCUT2D eigenvalue weighted by Gasteiger charge is -2.06. The molecule has 1 aromatic heterocycles. The summed E-state index contributed by atoms with van der Waals surface area (Å²) in [6, 6.07) is 7.91. The van der Waals surface area contributed by atoms with Crippen molar-refractivity contribution in [2.45, 2.75) is 12.8 Å². The summed E-state index contributed by atoms with van der Waals surface area (Å²) in [7, 11) is 0. The van der Waals surface area contributed by atoms with E-state index < -0.39 is 17.7 Å². The number of carboxylic acid groups (broad SMARTS) is 1. The maximum atomic E-state index is 13.0. The summed E-state index contributed by atoms with van der Waals surface area (Å²) in [5.74, 6) is -1.89. The lowest BCUT2D eigenvalue weighted by molar-refractivity contribution is -0.136. The fourth-order valence-electron chi connectivity index (χ4n) is 1.75. The molecule has 21 heavy (non-hydrogen) atoms. The first-order chi connectivity index (χ1) is 10.0. The van der Waals surface area contributed by atoms with E-state index in [2.05, 4.69) is 10.3 Å². The van der Waals surface area contributed by atoms with Crippen LogP contribution in [0.2, 0.25) is 0 Å². The van der Waals surface area contributed by atoms with E-state index >= 15 is 0 Å². The zero-order valence-corrected chi connectivity index (χ0v) is 11.0. The highest BCUT2D eigenvalue weighted by molar-refractivity contribution is 6.04. The smallest absolute Gasteiger partial charge is 0.303 e. The lowest BCUT2D eigenvalue weighted by Crippen LogP contribution is -2.12. The first-order valence-corrected chi connectivity index (χ1v) is 6.27. The first kappa shape index (κ1) is 14.6. The van der Waals surface area contributed by atoms with Gasteiger partial charge in [0.2, 0.25) is 0 Å². The second-order valence-corrected chi connectivity index (χ2v) is 4.44. The highest BCUT2D eigenvalue weighted by atomic mass is 19.1. The zero-order chi connectivity index (χ0) is 15.2. The molecule has 5 nitrogen and oxygen atoms in total. The van der Waals surface area contributed by atoms with Gasteiger partial charge >= 0.3 is 5.97 Å². The molecule has 1 amide bonds. The third-order valence-electron chi connectivity index (χ3n) is 2.81.